The molecule has 0 saturated heterocycles. The van der Waals surface area contributed by atoms with Gasteiger partial charge in [0, 0.05) is 11.6 Å². The lowest BCUT2D eigenvalue weighted by atomic mass is 10.1. The predicted molar refractivity (Wildman–Crippen MR) is 99.1 cm³/mol. The van der Waals surface area contributed by atoms with Crippen LogP contribution in [0.3, 0.4) is 0 Å². The first-order valence-corrected chi connectivity index (χ1v) is 8.86. The standard InChI is InChI=1S/C20H22N2O5/c1-4-12(2)21-20(25)18-8-6-15(27-18)10-22-16-9-14(13(3)23)5-7-17(16)26-11-19(22)24/h5-9,12H,4,10-11H2,1-3H3,(H,21,25)/t12-/m1/s1. The Bertz CT molecular complexity index is 886. The zero-order chi connectivity index (χ0) is 19.6. The third kappa shape index (κ3) is 4.02. The Morgan fingerprint density at radius 3 is 2.74 bits per heavy atom. The smallest absolute Gasteiger partial charge is 0.287 e. The Labute approximate surface area is 157 Å². The zero-order valence-electron chi connectivity index (χ0n) is 15.6. The highest BCUT2D eigenvalue weighted by Crippen LogP contribution is 2.34. The molecule has 0 bridgehead atoms. The summed E-state index contributed by atoms with van der Waals surface area (Å²) >= 11 is 0. The molecule has 0 fully saturated rings. The third-order valence-electron chi connectivity index (χ3n) is 4.50. The van der Waals surface area contributed by atoms with E-state index in [4.69, 9.17) is 9.15 Å². The van der Waals surface area contributed by atoms with Crippen molar-refractivity contribution in [1.82, 2.24) is 5.32 Å². The first kappa shape index (κ1) is 18.7. The number of ether oxygens (including phenoxy) is 1. The average Bonchev–Trinajstić information content (AvgIpc) is 3.12. The summed E-state index contributed by atoms with van der Waals surface area (Å²) in [4.78, 5) is 37.7. The summed E-state index contributed by atoms with van der Waals surface area (Å²) in [6.45, 7) is 5.42. The molecule has 0 saturated carbocycles. The van der Waals surface area contributed by atoms with E-state index in [2.05, 4.69) is 5.32 Å². The monoisotopic (exact) mass is 370 g/mol. The highest BCUT2D eigenvalue weighted by atomic mass is 16.5. The van der Waals surface area contributed by atoms with Gasteiger partial charge in [-0.2, -0.15) is 0 Å². The molecule has 3 rings (SSSR count). The number of hydrogen-bond acceptors (Lipinski definition) is 5. The van der Waals surface area contributed by atoms with E-state index in [0.29, 0.717) is 22.8 Å². The number of benzene rings is 1. The van der Waals surface area contributed by atoms with Gasteiger partial charge in [-0.25, -0.2) is 0 Å². The molecule has 2 aromatic rings. The van der Waals surface area contributed by atoms with Crippen molar-refractivity contribution in [2.24, 2.45) is 0 Å². The van der Waals surface area contributed by atoms with Gasteiger partial charge in [0.2, 0.25) is 0 Å². The van der Waals surface area contributed by atoms with Crippen molar-refractivity contribution in [3.8, 4) is 5.75 Å². The van der Waals surface area contributed by atoms with Crippen molar-refractivity contribution >= 4 is 23.3 Å². The minimum absolute atomic E-state index is 0.0451. The fourth-order valence-electron chi connectivity index (χ4n) is 2.73. The number of rotatable bonds is 6. The Hall–Kier alpha value is -3.09. The van der Waals surface area contributed by atoms with Crippen molar-refractivity contribution in [3.05, 3.63) is 47.4 Å². The summed E-state index contributed by atoms with van der Waals surface area (Å²) in [5.41, 5.74) is 1.01. The van der Waals surface area contributed by atoms with Crippen LogP contribution in [0.25, 0.3) is 0 Å². The molecule has 1 aromatic heterocycles. The summed E-state index contributed by atoms with van der Waals surface area (Å²) in [5.74, 6) is 0.564. The van der Waals surface area contributed by atoms with Crippen LogP contribution >= 0.6 is 0 Å². The summed E-state index contributed by atoms with van der Waals surface area (Å²) in [7, 11) is 0. The number of Topliss-reactive ketones (excluding diaryl/α,β-unsaturated/α-hetero) is 1. The topological polar surface area (TPSA) is 88.9 Å². The predicted octanol–water partition coefficient (Wildman–Crippen LogP) is 2.94. The van der Waals surface area contributed by atoms with Crippen LogP contribution in [0.4, 0.5) is 5.69 Å². The lowest BCUT2D eigenvalue weighted by Gasteiger charge is -2.29. The number of nitrogens with one attached hydrogen (secondary N) is 1. The molecule has 0 radical (unpaired) electrons. The van der Waals surface area contributed by atoms with Gasteiger partial charge in [-0.3, -0.25) is 19.3 Å². The maximum atomic E-state index is 12.4. The van der Waals surface area contributed by atoms with Gasteiger partial charge in [-0.1, -0.05) is 6.92 Å². The van der Waals surface area contributed by atoms with Gasteiger partial charge in [0.25, 0.3) is 11.8 Å². The molecule has 1 N–H and O–H groups in total. The Balaban J connectivity index is 1.82. The molecule has 2 heterocycles. The van der Waals surface area contributed by atoms with Crippen LogP contribution in [-0.4, -0.2) is 30.2 Å². The largest absolute Gasteiger partial charge is 0.482 e. The number of furan rings is 1. The third-order valence-corrected chi connectivity index (χ3v) is 4.50. The van der Waals surface area contributed by atoms with E-state index in [9.17, 15) is 14.4 Å². The minimum Gasteiger partial charge on any atom is -0.482 e. The van der Waals surface area contributed by atoms with Crippen LogP contribution in [-0.2, 0) is 11.3 Å². The van der Waals surface area contributed by atoms with Gasteiger partial charge in [-0.05, 0) is 50.6 Å². The molecular weight excluding hydrogens is 348 g/mol. The zero-order valence-corrected chi connectivity index (χ0v) is 15.6. The second kappa shape index (κ2) is 7.65. The van der Waals surface area contributed by atoms with Gasteiger partial charge in [0.05, 0.1) is 12.2 Å². The maximum absolute atomic E-state index is 12.4. The van der Waals surface area contributed by atoms with Crippen molar-refractivity contribution < 1.29 is 23.5 Å². The first-order chi connectivity index (χ1) is 12.9. The van der Waals surface area contributed by atoms with E-state index in [0.717, 1.165) is 6.42 Å². The first-order valence-electron chi connectivity index (χ1n) is 8.86. The van der Waals surface area contributed by atoms with Crippen LogP contribution in [0.2, 0.25) is 0 Å². The number of carbonyl (C=O) groups is 3. The highest BCUT2D eigenvalue weighted by molar-refractivity contribution is 6.01. The highest BCUT2D eigenvalue weighted by Gasteiger charge is 2.27. The van der Waals surface area contributed by atoms with Crippen LogP contribution < -0.4 is 15.0 Å². The van der Waals surface area contributed by atoms with Gasteiger partial charge in [0.15, 0.2) is 18.2 Å². The van der Waals surface area contributed by atoms with E-state index in [1.165, 1.54) is 11.8 Å². The molecule has 142 valence electrons. The van der Waals surface area contributed by atoms with Crippen LogP contribution in [0.15, 0.2) is 34.7 Å². The number of fused-ring (bicyclic) bond motifs is 1. The molecule has 0 spiro atoms. The fraction of sp³-hybridized carbons (Fsp3) is 0.350. The summed E-state index contributed by atoms with van der Waals surface area (Å²) in [6.07, 6.45) is 0.816. The fourth-order valence-corrected chi connectivity index (χ4v) is 2.73. The molecular formula is C20H22N2O5. The Morgan fingerprint density at radius 1 is 1.26 bits per heavy atom. The summed E-state index contributed by atoms with van der Waals surface area (Å²) < 4.78 is 11.1. The van der Waals surface area contributed by atoms with E-state index in [-0.39, 0.29) is 42.6 Å². The number of carbonyl (C=O) groups excluding carboxylic acids is 3. The molecule has 27 heavy (non-hydrogen) atoms. The number of anilines is 1. The lowest BCUT2D eigenvalue weighted by molar-refractivity contribution is -0.121. The van der Waals surface area contributed by atoms with Gasteiger partial charge >= 0.3 is 0 Å². The average molecular weight is 370 g/mol. The van der Waals surface area contributed by atoms with Crippen LogP contribution in [0, 0.1) is 0 Å². The molecule has 0 unspecified atom stereocenters. The molecule has 1 aromatic carbocycles. The van der Waals surface area contributed by atoms with Crippen molar-refractivity contribution in [2.45, 2.75) is 39.8 Å². The van der Waals surface area contributed by atoms with Gasteiger partial charge in [-0.15, -0.1) is 0 Å². The molecule has 1 aliphatic rings. The molecule has 2 amide bonds. The normalized spacial score (nSPS) is 14.3. The molecule has 0 aliphatic carbocycles. The van der Waals surface area contributed by atoms with E-state index in [1.807, 2.05) is 13.8 Å². The van der Waals surface area contributed by atoms with Gasteiger partial charge in [0.1, 0.15) is 11.5 Å². The summed E-state index contributed by atoms with van der Waals surface area (Å²) in [5, 5.41) is 2.84. The Kier molecular flexibility index (Phi) is 5.30. The molecule has 7 heteroatoms. The van der Waals surface area contributed by atoms with E-state index < -0.39 is 0 Å². The second-order valence-corrected chi connectivity index (χ2v) is 6.56. The van der Waals surface area contributed by atoms with Gasteiger partial charge < -0.3 is 14.5 Å². The van der Waals surface area contributed by atoms with Crippen molar-refractivity contribution in [3.63, 3.8) is 0 Å². The number of amides is 2. The quantitative estimate of drug-likeness (QED) is 0.790. The van der Waals surface area contributed by atoms with Crippen LogP contribution in [0.5, 0.6) is 5.75 Å². The number of hydrogen-bond donors (Lipinski definition) is 1. The SMILES string of the molecule is CC[C@@H](C)NC(=O)c1ccc(CN2C(=O)COc3ccc(C(C)=O)cc32)o1. The van der Waals surface area contributed by atoms with Crippen molar-refractivity contribution in [1.29, 1.82) is 0 Å². The number of ketones is 1. The Morgan fingerprint density at radius 2 is 2.04 bits per heavy atom. The number of nitrogens with zero attached hydrogens (tertiary/aromatic N) is 1. The van der Waals surface area contributed by atoms with E-state index >= 15 is 0 Å². The summed E-state index contributed by atoms with van der Waals surface area (Å²) in [6, 6.07) is 8.28. The van der Waals surface area contributed by atoms with Crippen LogP contribution in [0.1, 0.15) is 53.9 Å². The lowest BCUT2D eigenvalue weighted by Crippen LogP contribution is -2.38. The maximum Gasteiger partial charge on any atom is 0.287 e. The molecule has 1 aliphatic heterocycles. The molecule has 7 nitrogen and oxygen atoms in total. The minimum atomic E-state index is -0.289. The van der Waals surface area contributed by atoms with E-state index in [1.54, 1.807) is 30.3 Å². The molecule has 1 atom stereocenters. The second-order valence-electron chi connectivity index (χ2n) is 6.56. The van der Waals surface area contributed by atoms with Crippen molar-refractivity contribution in [2.75, 3.05) is 11.5 Å².